The van der Waals surface area contributed by atoms with Gasteiger partial charge in [0.25, 0.3) is 0 Å². The summed E-state index contributed by atoms with van der Waals surface area (Å²) < 4.78 is 5.43. The summed E-state index contributed by atoms with van der Waals surface area (Å²) >= 11 is 0. The second kappa shape index (κ2) is 5.70. The Labute approximate surface area is 95.9 Å². The lowest BCUT2D eigenvalue weighted by atomic mass is 10.2. The van der Waals surface area contributed by atoms with E-state index < -0.39 is 5.97 Å². The molecule has 4 heteroatoms. The molecule has 0 saturated heterocycles. The highest BCUT2D eigenvalue weighted by atomic mass is 16.4. The van der Waals surface area contributed by atoms with Gasteiger partial charge in [-0.3, -0.25) is 4.90 Å². The summed E-state index contributed by atoms with van der Waals surface area (Å²) in [6.07, 6.45) is 1.08. The van der Waals surface area contributed by atoms with Gasteiger partial charge in [0.05, 0.1) is 6.54 Å². The van der Waals surface area contributed by atoms with Gasteiger partial charge in [-0.2, -0.15) is 0 Å². The number of aryl methyl sites for hydroxylation is 1. The summed E-state index contributed by atoms with van der Waals surface area (Å²) in [5.41, 5.74) is 0.266. The first-order chi connectivity index (χ1) is 7.58. The van der Waals surface area contributed by atoms with Crippen molar-refractivity contribution in [2.24, 2.45) is 0 Å². The third-order valence-electron chi connectivity index (χ3n) is 2.57. The fraction of sp³-hybridized carbons (Fsp3) is 0.583. The molecule has 0 unspecified atom stereocenters. The van der Waals surface area contributed by atoms with E-state index in [9.17, 15) is 4.79 Å². The molecular formula is C12H19NO3. The number of hydrogen-bond donors (Lipinski definition) is 1. The molecule has 0 aliphatic rings. The number of furan rings is 1. The normalized spacial score (nSPS) is 11.0. The largest absolute Gasteiger partial charge is 0.478 e. The van der Waals surface area contributed by atoms with Gasteiger partial charge >= 0.3 is 5.97 Å². The SMILES string of the molecule is CCCN(CC)Cc1cc(C(=O)O)c(C)o1. The molecule has 0 aliphatic carbocycles. The second-order valence-electron chi connectivity index (χ2n) is 3.86. The minimum absolute atomic E-state index is 0.266. The Hall–Kier alpha value is -1.29. The number of rotatable bonds is 6. The highest BCUT2D eigenvalue weighted by molar-refractivity contribution is 5.88. The van der Waals surface area contributed by atoms with Gasteiger partial charge in [-0.1, -0.05) is 13.8 Å². The number of nitrogens with zero attached hydrogens (tertiary/aromatic N) is 1. The standard InChI is InChI=1S/C12H19NO3/c1-4-6-13(5-2)8-10-7-11(12(14)15)9(3)16-10/h7H,4-6,8H2,1-3H3,(H,14,15). The first-order valence-electron chi connectivity index (χ1n) is 5.63. The molecule has 4 nitrogen and oxygen atoms in total. The van der Waals surface area contributed by atoms with E-state index in [4.69, 9.17) is 9.52 Å². The average Bonchev–Trinajstić information content (AvgIpc) is 2.59. The average molecular weight is 225 g/mol. The maximum Gasteiger partial charge on any atom is 0.339 e. The van der Waals surface area contributed by atoms with Crippen molar-refractivity contribution in [1.29, 1.82) is 0 Å². The highest BCUT2D eigenvalue weighted by Gasteiger charge is 2.14. The highest BCUT2D eigenvalue weighted by Crippen LogP contribution is 2.16. The number of hydrogen-bond acceptors (Lipinski definition) is 3. The first-order valence-corrected chi connectivity index (χ1v) is 5.63. The molecule has 0 spiro atoms. The van der Waals surface area contributed by atoms with E-state index in [-0.39, 0.29) is 5.56 Å². The van der Waals surface area contributed by atoms with Crippen molar-refractivity contribution >= 4 is 5.97 Å². The predicted octanol–water partition coefficient (Wildman–Crippen LogP) is 2.52. The van der Waals surface area contributed by atoms with Gasteiger partial charge in [-0.15, -0.1) is 0 Å². The van der Waals surface area contributed by atoms with Crippen molar-refractivity contribution in [3.05, 3.63) is 23.2 Å². The molecule has 0 aromatic carbocycles. The number of aromatic carboxylic acids is 1. The van der Waals surface area contributed by atoms with Gasteiger partial charge in [-0.05, 0) is 32.5 Å². The van der Waals surface area contributed by atoms with Gasteiger partial charge in [0.2, 0.25) is 0 Å². The van der Waals surface area contributed by atoms with Crippen LogP contribution in [0.4, 0.5) is 0 Å². The molecular weight excluding hydrogens is 206 g/mol. The van der Waals surface area contributed by atoms with Crippen molar-refractivity contribution in [2.75, 3.05) is 13.1 Å². The Bertz CT molecular complexity index is 357. The van der Waals surface area contributed by atoms with Crippen LogP contribution in [0.5, 0.6) is 0 Å². The van der Waals surface area contributed by atoms with Crippen LogP contribution in [0.2, 0.25) is 0 Å². The maximum absolute atomic E-state index is 10.8. The molecule has 0 atom stereocenters. The van der Waals surface area contributed by atoms with E-state index in [0.29, 0.717) is 12.3 Å². The minimum Gasteiger partial charge on any atom is -0.478 e. The van der Waals surface area contributed by atoms with Crippen LogP contribution in [0.15, 0.2) is 10.5 Å². The summed E-state index contributed by atoms with van der Waals surface area (Å²) in [7, 11) is 0. The Morgan fingerprint density at radius 1 is 1.50 bits per heavy atom. The summed E-state index contributed by atoms with van der Waals surface area (Å²) in [5, 5.41) is 8.90. The Morgan fingerprint density at radius 3 is 2.62 bits per heavy atom. The van der Waals surface area contributed by atoms with E-state index in [2.05, 4.69) is 18.7 Å². The molecule has 0 amide bonds. The monoisotopic (exact) mass is 225 g/mol. The summed E-state index contributed by atoms with van der Waals surface area (Å²) in [5.74, 6) is 0.284. The molecule has 0 aliphatic heterocycles. The van der Waals surface area contributed by atoms with Crippen molar-refractivity contribution in [3.8, 4) is 0 Å². The van der Waals surface area contributed by atoms with Crippen LogP contribution in [0, 0.1) is 6.92 Å². The van der Waals surface area contributed by atoms with Crippen molar-refractivity contribution in [1.82, 2.24) is 4.90 Å². The Balaban J connectivity index is 2.73. The topological polar surface area (TPSA) is 53.7 Å². The Morgan fingerprint density at radius 2 is 2.19 bits per heavy atom. The third kappa shape index (κ3) is 3.10. The lowest BCUT2D eigenvalue weighted by Gasteiger charge is -2.17. The predicted molar refractivity (Wildman–Crippen MR) is 61.6 cm³/mol. The van der Waals surface area contributed by atoms with Crippen LogP contribution in [0.3, 0.4) is 0 Å². The fourth-order valence-electron chi connectivity index (χ4n) is 1.72. The molecule has 0 fully saturated rings. The van der Waals surface area contributed by atoms with Gasteiger partial charge in [0.15, 0.2) is 0 Å². The zero-order valence-corrected chi connectivity index (χ0v) is 10.1. The minimum atomic E-state index is -0.925. The van der Waals surface area contributed by atoms with Gasteiger partial charge in [0.1, 0.15) is 17.1 Å². The van der Waals surface area contributed by atoms with Crippen molar-refractivity contribution in [3.63, 3.8) is 0 Å². The van der Waals surface area contributed by atoms with Crippen LogP contribution in [-0.4, -0.2) is 29.1 Å². The second-order valence-corrected chi connectivity index (χ2v) is 3.86. The fourth-order valence-corrected chi connectivity index (χ4v) is 1.72. The molecule has 0 radical (unpaired) electrons. The number of carboxylic acid groups (broad SMARTS) is 1. The van der Waals surface area contributed by atoms with Crippen LogP contribution >= 0.6 is 0 Å². The molecule has 1 heterocycles. The smallest absolute Gasteiger partial charge is 0.339 e. The lowest BCUT2D eigenvalue weighted by Crippen LogP contribution is -2.23. The van der Waals surface area contributed by atoms with Crippen LogP contribution in [0.25, 0.3) is 0 Å². The van der Waals surface area contributed by atoms with E-state index in [1.165, 1.54) is 0 Å². The lowest BCUT2D eigenvalue weighted by molar-refractivity contribution is 0.0695. The quantitative estimate of drug-likeness (QED) is 0.808. The molecule has 16 heavy (non-hydrogen) atoms. The molecule has 90 valence electrons. The van der Waals surface area contributed by atoms with E-state index in [1.54, 1.807) is 13.0 Å². The maximum atomic E-state index is 10.8. The summed E-state index contributed by atoms with van der Waals surface area (Å²) in [4.78, 5) is 13.1. The van der Waals surface area contributed by atoms with E-state index in [0.717, 1.165) is 25.3 Å². The summed E-state index contributed by atoms with van der Waals surface area (Å²) in [6, 6.07) is 1.62. The first kappa shape index (κ1) is 12.8. The van der Waals surface area contributed by atoms with E-state index in [1.807, 2.05) is 0 Å². The Kier molecular flexibility index (Phi) is 4.55. The third-order valence-corrected chi connectivity index (χ3v) is 2.57. The van der Waals surface area contributed by atoms with Crippen molar-refractivity contribution in [2.45, 2.75) is 33.7 Å². The van der Waals surface area contributed by atoms with Gasteiger partial charge in [0, 0.05) is 0 Å². The molecule has 1 rings (SSSR count). The van der Waals surface area contributed by atoms with Crippen LogP contribution in [0.1, 0.15) is 42.1 Å². The number of carbonyl (C=O) groups is 1. The van der Waals surface area contributed by atoms with Crippen molar-refractivity contribution < 1.29 is 14.3 Å². The zero-order valence-electron chi connectivity index (χ0n) is 10.1. The van der Waals surface area contributed by atoms with Gasteiger partial charge in [-0.25, -0.2) is 4.79 Å². The summed E-state index contributed by atoms with van der Waals surface area (Å²) in [6.45, 7) is 8.51. The number of carboxylic acids is 1. The molecule has 0 saturated carbocycles. The van der Waals surface area contributed by atoms with Gasteiger partial charge < -0.3 is 9.52 Å². The molecule has 1 aromatic rings. The van der Waals surface area contributed by atoms with Crippen LogP contribution in [-0.2, 0) is 6.54 Å². The zero-order chi connectivity index (χ0) is 12.1. The molecule has 0 bridgehead atoms. The van der Waals surface area contributed by atoms with Crippen LogP contribution < -0.4 is 0 Å². The van der Waals surface area contributed by atoms with E-state index >= 15 is 0 Å². The molecule has 1 N–H and O–H groups in total. The molecule has 1 aromatic heterocycles.